The molecule has 0 heterocycles. The first-order valence-corrected chi connectivity index (χ1v) is 5.77. The third kappa shape index (κ3) is 2.05. The molecule has 3 heteroatoms. The van der Waals surface area contributed by atoms with Crippen molar-refractivity contribution >= 4 is 11.5 Å². The van der Waals surface area contributed by atoms with Crippen molar-refractivity contribution in [1.29, 1.82) is 0 Å². The number of allylic oxidation sites excluding steroid dienone is 1. The standard InChI is InChI=1S/C14H16O3/c1-3-11(14(15)16)13-6-4-9-8-10(17-2)5-7-12(9)13/h5-8,11H,3-4H2,1-2H3,(H,15,16)/t11-/m0/s1. The third-order valence-electron chi connectivity index (χ3n) is 3.25. The highest BCUT2D eigenvalue weighted by Crippen LogP contribution is 2.36. The molecular formula is C14H16O3. The minimum atomic E-state index is -0.748. The smallest absolute Gasteiger partial charge is 0.310 e. The first-order valence-electron chi connectivity index (χ1n) is 5.77. The van der Waals surface area contributed by atoms with Crippen LogP contribution < -0.4 is 4.74 Å². The van der Waals surface area contributed by atoms with E-state index in [9.17, 15) is 9.90 Å². The molecule has 1 N–H and O–H groups in total. The number of fused-ring (bicyclic) bond motifs is 1. The summed E-state index contributed by atoms with van der Waals surface area (Å²) in [6.45, 7) is 1.90. The predicted molar refractivity (Wildman–Crippen MR) is 66.1 cm³/mol. The molecule has 1 aromatic rings. The van der Waals surface area contributed by atoms with Crippen molar-refractivity contribution in [3.8, 4) is 5.75 Å². The molecule has 0 bridgehead atoms. The lowest BCUT2D eigenvalue weighted by Crippen LogP contribution is -2.13. The molecule has 0 saturated carbocycles. The molecule has 0 amide bonds. The highest BCUT2D eigenvalue weighted by molar-refractivity contribution is 5.90. The molecule has 3 nitrogen and oxygen atoms in total. The Balaban J connectivity index is 2.35. The molecule has 1 aromatic carbocycles. The minimum absolute atomic E-state index is 0.398. The average Bonchev–Trinajstić information content (AvgIpc) is 2.73. The van der Waals surface area contributed by atoms with Gasteiger partial charge in [0.2, 0.25) is 0 Å². The summed E-state index contributed by atoms with van der Waals surface area (Å²) < 4.78 is 5.17. The zero-order valence-electron chi connectivity index (χ0n) is 10.1. The number of hydrogen-bond donors (Lipinski definition) is 1. The van der Waals surface area contributed by atoms with E-state index in [1.807, 2.05) is 31.2 Å². The van der Waals surface area contributed by atoms with Gasteiger partial charge in [0, 0.05) is 0 Å². The second-order valence-corrected chi connectivity index (χ2v) is 4.19. The normalized spacial score (nSPS) is 15.1. The summed E-state index contributed by atoms with van der Waals surface area (Å²) >= 11 is 0. The number of carboxylic acids is 1. The van der Waals surface area contributed by atoms with Crippen molar-refractivity contribution in [3.63, 3.8) is 0 Å². The summed E-state index contributed by atoms with van der Waals surface area (Å²) in [7, 11) is 1.64. The number of carboxylic acid groups (broad SMARTS) is 1. The number of ether oxygens (including phenoxy) is 1. The van der Waals surface area contributed by atoms with Crippen LogP contribution in [-0.2, 0) is 11.2 Å². The van der Waals surface area contributed by atoms with Gasteiger partial charge in [-0.05, 0) is 41.7 Å². The zero-order chi connectivity index (χ0) is 12.4. The van der Waals surface area contributed by atoms with Gasteiger partial charge in [-0.25, -0.2) is 0 Å². The molecule has 1 atom stereocenters. The first kappa shape index (κ1) is 11.7. The van der Waals surface area contributed by atoms with Crippen LogP contribution in [0.3, 0.4) is 0 Å². The van der Waals surface area contributed by atoms with Gasteiger partial charge in [-0.3, -0.25) is 4.79 Å². The number of hydrogen-bond acceptors (Lipinski definition) is 2. The molecule has 0 radical (unpaired) electrons. The highest BCUT2D eigenvalue weighted by Gasteiger charge is 2.26. The van der Waals surface area contributed by atoms with Crippen molar-refractivity contribution in [3.05, 3.63) is 35.4 Å². The van der Waals surface area contributed by atoms with E-state index in [1.165, 1.54) is 0 Å². The Morgan fingerprint density at radius 2 is 2.29 bits per heavy atom. The third-order valence-corrected chi connectivity index (χ3v) is 3.25. The molecule has 0 saturated heterocycles. The van der Waals surface area contributed by atoms with Gasteiger partial charge in [0.25, 0.3) is 0 Å². The van der Waals surface area contributed by atoms with Gasteiger partial charge < -0.3 is 9.84 Å². The van der Waals surface area contributed by atoms with E-state index in [4.69, 9.17) is 4.74 Å². The second-order valence-electron chi connectivity index (χ2n) is 4.19. The Morgan fingerprint density at radius 1 is 1.53 bits per heavy atom. The fraction of sp³-hybridized carbons (Fsp3) is 0.357. The van der Waals surface area contributed by atoms with Gasteiger partial charge in [0.1, 0.15) is 5.75 Å². The maximum atomic E-state index is 11.2. The monoisotopic (exact) mass is 232 g/mol. The Morgan fingerprint density at radius 3 is 2.88 bits per heavy atom. The second kappa shape index (κ2) is 4.62. The van der Waals surface area contributed by atoms with Crippen molar-refractivity contribution in [2.45, 2.75) is 19.8 Å². The maximum Gasteiger partial charge on any atom is 0.310 e. The van der Waals surface area contributed by atoms with Crippen LogP contribution in [0.5, 0.6) is 5.75 Å². The lowest BCUT2D eigenvalue weighted by molar-refractivity contribution is -0.139. The number of benzene rings is 1. The van der Waals surface area contributed by atoms with Crippen LogP contribution in [0.2, 0.25) is 0 Å². The molecule has 0 fully saturated rings. The summed E-state index contributed by atoms with van der Waals surface area (Å²) in [6.07, 6.45) is 3.44. The summed E-state index contributed by atoms with van der Waals surface area (Å²) in [5.74, 6) is -0.325. The van der Waals surface area contributed by atoms with Crippen LogP contribution >= 0.6 is 0 Å². The van der Waals surface area contributed by atoms with E-state index in [2.05, 4.69) is 0 Å². The quantitative estimate of drug-likeness (QED) is 0.868. The van der Waals surface area contributed by atoms with E-state index in [-0.39, 0.29) is 0 Å². The highest BCUT2D eigenvalue weighted by atomic mass is 16.5. The molecule has 1 aliphatic carbocycles. The summed E-state index contributed by atoms with van der Waals surface area (Å²) in [5.41, 5.74) is 3.15. The van der Waals surface area contributed by atoms with Gasteiger partial charge >= 0.3 is 5.97 Å². The number of rotatable bonds is 4. The van der Waals surface area contributed by atoms with Crippen LogP contribution in [0.25, 0.3) is 5.57 Å². The molecule has 0 aliphatic heterocycles. The van der Waals surface area contributed by atoms with Crippen LogP contribution in [0.15, 0.2) is 24.3 Å². The molecule has 0 aromatic heterocycles. The van der Waals surface area contributed by atoms with Gasteiger partial charge in [0.05, 0.1) is 13.0 Å². The summed E-state index contributed by atoms with van der Waals surface area (Å²) in [4.78, 5) is 11.2. The van der Waals surface area contributed by atoms with Crippen molar-refractivity contribution in [2.24, 2.45) is 5.92 Å². The maximum absolute atomic E-state index is 11.2. The summed E-state index contributed by atoms with van der Waals surface area (Å²) in [5, 5.41) is 9.19. The minimum Gasteiger partial charge on any atom is -0.497 e. The van der Waals surface area contributed by atoms with Crippen LogP contribution in [0, 0.1) is 5.92 Å². The Kier molecular flexibility index (Phi) is 3.18. The molecular weight excluding hydrogens is 216 g/mol. The Bertz CT molecular complexity index is 474. The average molecular weight is 232 g/mol. The summed E-state index contributed by atoms with van der Waals surface area (Å²) in [6, 6.07) is 5.82. The van der Waals surface area contributed by atoms with Gasteiger partial charge in [0.15, 0.2) is 0 Å². The lowest BCUT2D eigenvalue weighted by Gasteiger charge is -2.13. The fourth-order valence-corrected chi connectivity index (χ4v) is 2.33. The van der Waals surface area contributed by atoms with E-state index in [0.29, 0.717) is 6.42 Å². The Hall–Kier alpha value is -1.77. The Labute approximate surface area is 101 Å². The van der Waals surface area contributed by atoms with E-state index in [1.54, 1.807) is 7.11 Å². The van der Waals surface area contributed by atoms with Crippen molar-refractivity contribution in [1.82, 2.24) is 0 Å². The predicted octanol–water partition coefficient (Wildman–Crippen LogP) is 2.75. The van der Waals surface area contributed by atoms with Crippen LogP contribution in [-0.4, -0.2) is 18.2 Å². The number of methoxy groups -OCH3 is 1. The molecule has 90 valence electrons. The van der Waals surface area contributed by atoms with Crippen LogP contribution in [0.4, 0.5) is 0 Å². The molecule has 17 heavy (non-hydrogen) atoms. The molecule has 1 aliphatic rings. The van der Waals surface area contributed by atoms with Gasteiger partial charge in [-0.15, -0.1) is 0 Å². The first-order chi connectivity index (χ1) is 8.17. The topological polar surface area (TPSA) is 46.5 Å². The number of aliphatic carboxylic acids is 1. The molecule has 0 unspecified atom stereocenters. The van der Waals surface area contributed by atoms with E-state index >= 15 is 0 Å². The molecule has 2 rings (SSSR count). The molecule has 0 spiro atoms. The largest absolute Gasteiger partial charge is 0.497 e. The van der Waals surface area contributed by atoms with Crippen molar-refractivity contribution < 1.29 is 14.6 Å². The number of carbonyl (C=O) groups is 1. The SMILES string of the molecule is CC[C@H](C(=O)O)C1=CCc2cc(OC)ccc21. The fourth-order valence-electron chi connectivity index (χ4n) is 2.33. The lowest BCUT2D eigenvalue weighted by atomic mass is 9.92. The van der Waals surface area contributed by atoms with E-state index in [0.717, 1.165) is 28.9 Å². The zero-order valence-corrected chi connectivity index (χ0v) is 10.1. The van der Waals surface area contributed by atoms with Gasteiger partial charge in [-0.2, -0.15) is 0 Å². The van der Waals surface area contributed by atoms with E-state index < -0.39 is 11.9 Å². The van der Waals surface area contributed by atoms with Crippen LogP contribution in [0.1, 0.15) is 24.5 Å². The van der Waals surface area contributed by atoms with Gasteiger partial charge in [-0.1, -0.05) is 19.1 Å². The van der Waals surface area contributed by atoms with Crippen molar-refractivity contribution in [2.75, 3.05) is 7.11 Å².